The van der Waals surface area contributed by atoms with Gasteiger partial charge in [-0.15, -0.1) is 5.10 Å². The fourth-order valence-corrected chi connectivity index (χ4v) is 4.30. The maximum Gasteiger partial charge on any atom is 0.293 e. The Morgan fingerprint density at radius 1 is 1.19 bits per heavy atom. The molecule has 190 valence electrons. The van der Waals surface area contributed by atoms with Gasteiger partial charge >= 0.3 is 0 Å². The quantitative estimate of drug-likeness (QED) is 0.274. The van der Waals surface area contributed by atoms with E-state index in [1.807, 2.05) is 43.3 Å². The lowest BCUT2D eigenvalue weighted by molar-refractivity contribution is 0.0948. The van der Waals surface area contributed by atoms with E-state index in [9.17, 15) is 4.79 Å². The Labute approximate surface area is 213 Å². The predicted octanol–water partition coefficient (Wildman–Crippen LogP) is 2.74. The first-order valence-electron chi connectivity index (χ1n) is 12.0. The molecule has 0 fully saturated rings. The first kappa shape index (κ1) is 24.0. The van der Waals surface area contributed by atoms with Gasteiger partial charge < -0.3 is 15.4 Å². The number of hydrogen-bond donors (Lipinski definition) is 2. The van der Waals surface area contributed by atoms with Crippen LogP contribution in [0.4, 0.5) is 11.5 Å². The summed E-state index contributed by atoms with van der Waals surface area (Å²) in [6.45, 7) is 5.48. The van der Waals surface area contributed by atoms with Crippen molar-refractivity contribution in [3.05, 3.63) is 71.0 Å². The van der Waals surface area contributed by atoms with Gasteiger partial charge in [0.05, 0.1) is 24.6 Å². The largest absolute Gasteiger partial charge is 0.494 e. The summed E-state index contributed by atoms with van der Waals surface area (Å²) in [5, 5.41) is 20.1. The first-order chi connectivity index (χ1) is 18.0. The van der Waals surface area contributed by atoms with Gasteiger partial charge in [0.2, 0.25) is 11.6 Å². The smallest absolute Gasteiger partial charge is 0.293 e. The van der Waals surface area contributed by atoms with Crippen LogP contribution in [-0.2, 0) is 13.0 Å². The van der Waals surface area contributed by atoms with E-state index < -0.39 is 5.91 Å². The molecule has 0 bridgehead atoms. The monoisotopic (exact) mass is 501 g/mol. The van der Waals surface area contributed by atoms with E-state index in [2.05, 4.69) is 48.2 Å². The number of hydrazone groups is 1. The normalized spacial score (nSPS) is 13.4. The topological polar surface area (TPSA) is 150 Å². The standard InChI is InChI=1S/C25H27N9O3/c1-3-36-19-12-10-17(11-13-19)16(2)27-29-25(35)22-21(34(32-28-22)24-23(26)30-37-31-24)15-33-14-6-8-18-7-4-5-9-20(18)33/h4-5,7,9-13H,3,6,8,14-15H2,1-2H3,(H2,26,30)(H,29,35). The number of aromatic nitrogens is 5. The summed E-state index contributed by atoms with van der Waals surface area (Å²) in [6, 6.07) is 15.7. The van der Waals surface area contributed by atoms with E-state index in [1.54, 1.807) is 6.92 Å². The van der Waals surface area contributed by atoms with Crippen LogP contribution in [0.2, 0.25) is 0 Å². The third-order valence-electron chi connectivity index (χ3n) is 6.13. The van der Waals surface area contributed by atoms with E-state index in [0.29, 0.717) is 24.6 Å². The fourth-order valence-electron chi connectivity index (χ4n) is 4.30. The molecule has 4 aromatic rings. The third-order valence-corrected chi connectivity index (χ3v) is 6.13. The predicted molar refractivity (Wildman–Crippen MR) is 137 cm³/mol. The summed E-state index contributed by atoms with van der Waals surface area (Å²) in [5.74, 6) is 0.472. The molecule has 0 unspecified atom stereocenters. The Morgan fingerprint density at radius 2 is 2.00 bits per heavy atom. The molecule has 2 aromatic heterocycles. The number of nitrogens with two attached hydrogens (primary N) is 1. The zero-order chi connectivity index (χ0) is 25.8. The second-order valence-electron chi connectivity index (χ2n) is 8.52. The molecule has 3 N–H and O–H groups in total. The second kappa shape index (κ2) is 10.5. The Bertz CT molecular complexity index is 1430. The Balaban J connectivity index is 1.43. The van der Waals surface area contributed by atoms with E-state index >= 15 is 0 Å². The molecule has 1 aliphatic rings. The number of anilines is 2. The molecule has 5 rings (SSSR count). The lowest BCUT2D eigenvalue weighted by Crippen LogP contribution is -2.31. The first-order valence-corrected chi connectivity index (χ1v) is 12.0. The number of carbonyl (C=O) groups excluding carboxylic acids is 1. The summed E-state index contributed by atoms with van der Waals surface area (Å²) >= 11 is 0. The molecule has 0 radical (unpaired) electrons. The van der Waals surface area contributed by atoms with Crippen LogP contribution in [0.25, 0.3) is 5.82 Å². The van der Waals surface area contributed by atoms with Crippen LogP contribution in [0.3, 0.4) is 0 Å². The average molecular weight is 502 g/mol. The van der Waals surface area contributed by atoms with Crippen LogP contribution in [0.1, 0.15) is 47.6 Å². The molecular weight excluding hydrogens is 474 g/mol. The number of nitrogens with zero attached hydrogens (tertiary/aromatic N) is 7. The minimum atomic E-state index is -0.508. The molecule has 3 heterocycles. The van der Waals surface area contributed by atoms with Crippen LogP contribution >= 0.6 is 0 Å². The van der Waals surface area contributed by atoms with Gasteiger partial charge in [0.15, 0.2) is 5.69 Å². The van der Waals surface area contributed by atoms with Gasteiger partial charge in [-0.25, -0.2) is 10.1 Å². The zero-order valence-electron chi connectivity index (χ0n) is 20.6. The number of nitrogen functional groups attached to an aromatic ring is 1. The number of nitrogens with one attached hydrogen (secondary N) is 1. The van der Waals surface area contributed by atoms with Crippen molar-refractivity contribution in [1.29, 1.82) is 0 Å². The summed E-state index contributed by atoms with van der Waals surface area (Å²) in [5.41, 5.74) is 12.9. The fraction of sp³-hybridized carbons (Fsp3) is 0.280. The molecular formula is C25H27N9O3. The number of hydrogen-bond acceptors (Lipinski definition) is 10. The van der Waals surface area contributed by atoms with Crippen molar-refractivity contribution in [3.8, 4) is 11.6 Å². The molecule has 0 atom stereocenters. The number of aryl methyl sites for hydroxylation is 1. The Kier molecular flexibility index (Phi) is 6.79. The van der Waals surface area contributed by atoms with Crippen molar-refractivity contribution in [2.24, 2.45) is 5.10 Å². The number of benzene rings is 2. The van der Waals surface area contributed by atoms with Gasteiger partial charge in [0.25, 0.3) is 5.91 Å². The van der Waals surface area contributed by atoms with Crippen LogP contribution in [0, 0.1) is 0 Å². The number of rotatable bonds is 8. The van der Waals surface area contributed by atoms with Crippen molar-refractivity contribution in [2.45, 2.75) is 33.2 Å². The minimum Gasteiger partial charge on any atom is -0.494 e. The van der Waals surface area contributed by atoms with E-state index in [-0.39, 0.29) is 17.3 Å². The molecule has 1 amide bonds. The van der Waals surface area contributed by atoms with E-state index in [0.717, 1.165) is 36.4 Å². The highest BCUT2D eigenvalue weighted by Crippen LogP contribution is 2.29. The molecule has 0 saturated carbocycles. The van der Waals surface area contributed by atoms with Gasteiger partial charge in [0.1, 0.15) is 5.75 Å². The molecule has 0 spiro atoms. The Hall–Kier alpha value is -4.74. The lowest BCUT2D eigenvalue weighted by Gasteiger charge is -2.31. The molecule has 12 heteroatoms. The summed E-state index contributed by atoms with van der Waals surface area (Å²) in [6.07, 6.45) is 1.98. The molecule has 2 aromatic carbocycles. The highest BCUT2D eigenvalue weighted by atomic mass is 16.6. The molecule has 1 aliphatic heterocycles. The summed E-state index contributed by atoms with van der Waals surface area (Å²) in [4.78, 5) is 15.4. The highest BCUT2D eigenvalue weighted by Gasteiger charge is 2.27. The van der Waals surface area contributed by atoms with Crippen molar-refractivity contribution in [1.82, 2.24) is 30.7 Å². The van der Waals surface area contributed by atoms with Gasteiger partial charge in [-0.1, -0.05) is 23.4 Å². The highest BCUT2D eigenvalue weighted by molar-refractivity contribution is 6.00. The second-order valence-corrected chi connectivity index (χ2v) is 8.52. The third kappa shape index (κ3) is 4.99. The molecule has 37 heavy (non-hydrogen) atoms. The number of para-hydroxylation sites is 1. The average Bonchev–Trinajstić information content (AvgIpc) is 3.53. The van der Waals surface area contributed by atoms with Crippen molar-refractivity contribution < 1.29 is 14.2 Å². The zero-order valence-corrected chi connectivity index (χ0v) is 20.6. The van der Waals surface area contributed by atoms with Gasteiger partial charge in [-0.3, -0.25) is 4.79 Å². The van der Waals surface area contributed by atoms with Gasteiger partial charge in [0, 0.05) is 12.2 Å². The minimum absolute atomic E-state index is 0.0431. The van der Waals surface area contributed by atoms with Crippen molar-refractivity contribution >= 4 is 23.1 Å². The van der Waals surface area contributed by atoms with Crippen LogP contribution in [0.5, 0.6) is 5.75 Å². The number of carbonyl (C=O) groups is 1. The lowest BCUT2D eigenvalue weighted by atomic mass is 10.0. The van der Waals surface area contributed by atoms with E-state index in [4.69, 9.17) is 15.1 Å². The van der Waals surface area contributed by atoms with Crippen LogP contribution in [0.15, 0.2) is 58.3 Å². The van der Waals surface area contributed by atoms with Crippen LogP contribution < -0.4 is 20.8 Å². The Morgan fingerprint density at radius 3 is 2.76 bits per heavy atom. The molecule has 12 nitrogen and oxygen atoms in total. The van der Waals surface area contributed by atoms with Crippen molar-refractivity contribution in [2.75, 3.05) is 23.8 Å². The number of fused-ring (bicyclic) bond motifs is 1. The maximum atomic E-state index is 13.2. The van der Waals surface area contributed by atoms with Gasteiger partial charge in [-0.05, 0) is 78.5 Å². The van der Waals surface area contributed by atoms with Crippen molar-refractivity contribution in [3.63, 3.8) is 0 Å². The van der Waals surface area contributed by atoms with Gasteiger partial charge in [-0.2, -0.15) is 9.78 Å². The SMILES string of the molecule is CCOc1ccc(C(C)=NNC(=O)c2nnn(-c3nonc3N)c2CN2CCCc3ccccc32)cc1. The van der Waals surface area contributed by atoms with E-state index in [1.165, 1.54) is 10.2 Å². The summed E-state index contributed by atoms with van der Waals surface area (Å²) in [7, 11) is 0. The summed E-state index contributed by atoms with van der Waals surface area (Å²) < 4.78 is 11.6. The van der Waals surface area contributed by atoms with Crippen LogP contribution in [-0.4, -0.2) is 50.1 Å². The molecule has 0 saturated heterocycles. The number of amides is 1. The molecule has 0 aliphatic carbocycles. The number of ether oxygens (including phenoxy) is 1. The maximum absolute atomic E-state index is 13.2.